The number of amides is 1. The molecule has 5 rings (SSSR count). The summed E-state index contributed by atoms with van der Waals surface area (Å²) in [6, 6.07) is 20.1. The molecule has 0 spiro atoms. The lowest BCUT2D eigenvalue weighted by molar-refractivity contribution is -0.132. The smallest absolute Gasteiger partial charge is 0.257 e. The second-order valence-electron chi connectivity index (χ2n) is 8.84. The number of benzene rings is 3. The van der Waals surface area contributed by atoms with Gasteiger partial charge in [-0.1, -0.05) is 59.3 Å². The molecule has 1 unspecified atom stereocenters. The Morgan fingerprint density at radius 1 is 1.06 bits per heavy atom. The lowest BCUT2D eigenvalue weighted by Gasteiger charge is -2.39. The van der Waals surface area contributed by atoms with E-state index < -0.39 is 10.0 Å². The molecular weight excluding hydrogens is 464 g/mol. The number of hydrogen-bond acceptors (Lipinski definition) is 6. The van der Waals surface area contributed by atoms with Crippen LogP contribution >= 0.6 is 0 Å². The molecule has 1 aliphatic heterocycles. The molecule has 3 aromatic carbocycles. The number of hydrogen-bond donors (Lipinski definition) is 0. The van der Waals surface area contributed by atoms with Gasteiger partial charge in [0.25, 0.3) is 5.89 Å². The van der Waals surface area contributed by atoms with Gasteiger partial charge in [0.1, 0.15) is 0 Å². The Morgan fingerprint density at radius 2 is 1.83 bits per heavy atom. The van der Waals surface area contributed by atoms with E-state index in [0.717, 1.165) is 16.5 Å². The number of piperazine rings is 1. The molecule has 2 heterocycles. The molecule has 180 valence electrons. The molecule has 0 saturated carbocycles. The van der Waals surface area contributed by atoms with E-state index >= 15 is 0 Å². The summed E-state index contributed by atoms with van der Waals surface area (Å²) in [4.78, 5) is 19.3. The minimum atomic E-state index is -3.72. The van der Waals surface area contributed by atoms with Gasteiger partial charge >= 0.3 is 0 Å². The molecule has 0 bridgehead atoms. The summed E-state index contributed by atoms with van der Waals surface area (Å²) in [5.41, 5.74) is 1.88. The molecule has 1 fully saturated rings. The summed E-state index contributed by atoms with van der Waals surface area (Å²) in [5.74, 6) is 0.525. The van der Waals surface area contributed by atoms with Crippen LogP contribution < -0.4 is 0 Å². The van der Waals surface area contributed by atoms with Crippen LogP contribution in [0.3, 0.4) is 0 Å². The molecule has 1 amide bonds. The van der Waals surface area contributed by atoms with E-state index in [-0.39, 0.29) is 29.8 Å². The van der Waals surface area contributed by atoms with E-state index in [1.165, 1.54) is 4.31 Å². The van der Waals surface area contributed by atoms with Gasteiger partial charge in [-0.15, -0.1) is 0 Å². The van der Waals surface area contributed by atoms with Crippen molar-refractivity contribution in [2.75, 3.05) is 19.6 Å². The summed E-state index contributed by atoms with van der Waals surface area (Å²) < 4.78 is 33.9. The van der Waals surface area contributed by atoms with E-state index in [4.69, 9.17) is 4.52 Å². The molecule has 4 aromatic rings. The zero-order chi connectivity index (χ0) is 24.6. The van der Waals surface area contributed by atoms with Gasteiger partial charge in [0.15, 0.2) is 5.82 Å². The van der Waals surface area contributed by atoms with Crippen LogP contribution in [-0.2, 0) is 21.2 Å². The van der Waals surface area contributed by atoms with Crippen LogP contribution in [0.25, 0.3) is 22.2 Å². The molecule has 0 N–H and O–H groups in total. The average molecular weight is 491 g/mol. The largest absolute Gasteiger partial charge is 0.339 e. The minimum Gasteiger partial charge on any atom is -0.339 e. The molecule has 1 aliphatic rings. The van der Waals surface area contributed by atoms with E-state index in [9.17, 15) is 13.2 Å². The summed E-state index contributed by atoms with van der Waals surface area (Å²) >= 11 is 0. The standard InChI is InChI=1S/C26H26N4O4S/c1-18-7-5-10-21(15-18)26-27-24(28-34-26)16-25(31)29-13-14-30(19(2)17-29)35(32,33)23-12-6-9-20-8-3-4-11-22(20)23/h3-12,15,19H,13-14,16-17H2,1-2H3. The van der Waals surface area contributed by atoms with Crippen LogP contribution in [0.1, 0.15) is 18.3 Å². The highest BCUT2D eigenvalue weighted by Gasteiger charge is 2.36. The van der Waals surface area contributed by atoms with Gasteiger partial charge in [-0.05, 0) is 37.4 Å². The number of sulfonamides is 1. The Kier molecular flexibility index (Phi) is 6.12. The Bertz CT molecular complexity index is 1490. The predicted octanol–water partition coefficient (Wildman–Crippen LogP) is 3.66. The summed E-state index contributed by atoms with van der Waals surface area (Å²) in [6.07, 6.45) is -0.00188. The van der Waals surface area contributed by atoms with Crippen molar-refractivity contribution in [3.63, 3.8) is 0 Å². The first-order valence-corrected chi connectivity index (χ1v) is 12.9. The first kappa shape index (κ1) is 23.2. The fourth-order valence-electron chi connectivity index (χ4n) is 4.54. The van der Waals surface area contributed by atoms with Gasteiger partial charge in [0, 0.05) is 36.6 Å². The van der Waals surface area contributed by atoms with Crippen LogP contribution in [0.4, 0.5) is 0 Å². The van der Waals surface area contributed by atoms with Crippen molar-refractivity contribution in [1.29, 1.82) is 0 Å². The van der Waals surface area contributed by atoms with Crippen molar-refractivity contribution in [1.82, 2.24) is 19.3 Å². The summed E-state index contributed by atoms with van der Waals surface area (Å²) in [7, 11) is -3.72. The quantitative estimate of drug-likeness (QED) is 0.424. The van der Waals surface area contributed by atoms with Crippen molar-refractivity contribution < 1.29 is 17.7 Å². The van der Waals surface area contributed by atoms with E-state index in [2.05, 4.69) is 10.1 Å². The number of aromatic nitrogens is 2. The molecule has 0 aliphatic carbocycles. The van der Waals surface area contributed by atoms with E-state index in [1.807, 2.05) is 68.4 Å². The number of nitrogens with zero attached hydrogens (tertiary/aromatic N) is 4. The normalized spacial score (nSPS) is 17.1. The lowest BCUT2D eigenvalue weighted by atomic mass is 10.1. The third-order valence-electron chi connectivity index (χ3n) is 6.30. The van der Waals surface area contributed by atoms with E-state index in [1.54, 1.807) is 17.0 Å². The van der Waals surface area contributed by atoms with Crippen molar-refractivity contribution >= 4 is 26.7 Å². The number of fused-ring (bicyclic) bond motifs is 1. The van der Waals surface area contributed by atoms with Gasteiger partial charge in [-0.25, -0.2) is 8.42 Å². The molecule has 1 atom stereocenters. The topological polar surface area (TPSA) is 96.6 Å². The van der Waals surface area contributed by atoms with Gasteiger partial charge in [-0.3, -0.25) is 4.79 Å². The maximum Gasteiger partial charge on any atom is 0.257 e. The third kappa shape index (κ3) is 4.56. The molecule has 35 heavy (non-hydrogen) atoms. The number of carbonyl (C=O) groups is 1. The minimum absolute atomic E-state index is 0.00188. The van der Waals surface area contributed by atoms with E-state index in [0.29, 0.717) is 30.2 Å². The van der Waals surface area contributed by atoms with Crippen LogP contribution in [0.5, 0.6) is 0 Å². The summed E-state index contributed by atoms with van der Waals surface area (Å²) in [5, 5.41) is 5.53. The molecule has 1 saturated heterocycles. The number of carbonyl (C=O) groups excluding carboxylic acids is 1. The highest BCUT2D eigenvalue weighted by atomic mass is 32.2. The molecule has 0 radical (unpaired) electrons. The summed E-state index contributed by atoms with van der Waals surface area (Å²) in [6.45, 7) is 4.62. The zero-order valence-electron chi connectivity index (χ0n) is 19.6. The van der Waals surface area contributed by atoms with Crippen LogP contribution in [0.2, 0.25) is 0 Å². The van der Waals surface area contributed by atoms with Crippen LogP contribution in [0, 0.1) is 6.92 Å². The first-order chi connectivity index (χ1) is 16.8. The number of rotatable bonds is 5. The average Bonchev–Trinajstić information content (AvgIpc) is 3.32. The zero-order valence-corrected chi connectivity index (χ0v) is 20.4. The molecule has 9 heteroatoms. The Labute approximate surface area is 204 Å². The monoisotopic (exact) mass is 490 g/mol. The Hall–Kier alpha value is -3.56. The highest BCUT2D eigenvalue weighted by molar-refractivity contribution is 7.89. The fraction of sp³-hybridized carbons (Fsp3) is 0.269. The highest BCUT2D eigenvalue weighted by Crippen LogP contribution is 2.28. The fourth-order valence-corrected chi connectivity index (χ4v) is 6.37. The van der Waals surface area contributed by atoms with Crippen molar-refractivity contribution in [3.05, 3.63) is 78.1 Å². The Morgan fingerprint density at radius 3 is 2.63 bits per heavy atom. The SMILES string of the molecule is Cc1cccc(-c2nc(CC(=O)N3CCN(S(=O)(=O)c4cccc5ccccc45)C(C)C3)no2)c1. The van der Waals surface area contributed by atoms with Gasteiger partial charge in [0.05, 0.1) is 11.3 Å². The third-order valence-corrected chi connectivity index (χ3v) is 8.37. The van der Waals surface area contributed by atoms with Gasteiger partial charge in [-0.2, -0.15) is 9.29 Å². The van der Waals surface area contributed by atoms with Crippen LogP contribution in [0.15, 0.2) is 76.1 Å². The van der Waals surface area contributed by atoms with Crippen molar-refractivity contribution in [2.45, 2.75) is 31.2 Å². The maximum absolute atomic E-state index is 13.5. The van der Waals surface area contributed by atoms with Gasteiger partial charge < -0.3 is 9.42 Å². The van der Waals surface area contributed by atoms with Gasteiger partial charge in [0.2, 0.25) is 15.9 Å². The second kappa shape index (κ2) is 9.24. The first-order valence-electron chi connectivity index (χ1n) is 11.5. The maximum atomic E-state index is 13.5. The molecular formula is C26H26N4O4S. The second-order valence-corrected chi connectivity index (χ2v) is 10.7. The number of aryl methyl sites for hydroxylation is 1. The van der Waals surface area contributed by atoms with Crippen LogP contribution in [-0.4, -0.2) is 59.3 Å². The lowest BCUT2D eigenvalue weighted by Crippen LogP contribution is -2.55. The predicted molar refractivity (Wildman–Crippen MR) is 132 cm³/mol. The molecule has 1 aromatic heterocycles. The van der Waals surface area contributed by atoms with Crippen molar-refractivity contribution in [2.24, 2.45) is 0 Å². The Balaban J connectivity index is 1.28. The molecule has 8 nitrogen and oxygen atoms in total. The van der Waals surface area contributed by atoms with Crippen molar-refractivity contribution in [3.8, 4) is 11.5 Å².